The van der Waals surface area contributed by atoms with E-state index < -0.39 is 0 Å². The van der Waals surface area contributed by atoms with Crippen LogP contribution in [0.25, 0.3) is 0 Å². The number of hydrogen-bond donors (Lipinski definition) is 2. The Bertz CT molecular complexity index is 211. The Morgan fingerprint density at radius 2 is 1.54 bits per heavy atom. The van der Waals surface area contributed by atoms with Gasteiger partial charge in [0.15, 0.2) is 0 Å². The van der Waals surface area contributed by atoms with Crippen molar-refractivity contribution in [2.45, 2.75) is 88.0 Å². The predicted molar refractivity (Wildman–Crippen MR) is 111 cm³/mol. The SMILES string of the molecule is C.CC.CC.CC.CCCCC(=O)NC.CN.CN1CCCC1=O. The molecule has 1 fully saturated rings. The quantitative estimate of drug-likeness (QED) is 0.788. The first-order chi connectivity index (χ1) is 11.1. The molecule has 2 amide bonds. The topological polar surface area (TPSA) is 75.4 Å². The van der Waals surface area contributed by atoms with Crippen LogP contribution in [0.2, 0.25) is 0 Å². The maximum absolute atomic E-state index is 10.5. The summed E-state index contributed by atoms with van der Waals surface area (Å²) in [5, 5.41) is 2.56. The van der Waals surface area contributed by atoms with Gasteiger partial charge >= 0.3 is 0 Å². The standard InChI is InChI=1S/C6H13NO.C5H9NO.3C2H6.CH5N.CH4/c1-3-4-5-6(8)7-2;1-6-4-2-3-5(6)7;4*1-2;/h3-5H2,1-2H3,(H,7,8);2-4H2,1H3;3*1-2H3;2H2,1H3;1H4. The van der Waals surface area contributed by atoms with Crippen molar-refractivity contribution in [3.63, 3.8) is 0 Å². The third-order valence-corrected chi connectivity index (χ3v) is 2.35. The molecule has 0 aromatic heterocycles. The van der Waals surface area contributed by atoms with Crippen LogP contribution in [0.3, 0.4) is 0 Å². The Balaban J connectivity index is -0.0000000464. The number of carbonyl (C=O) groups excluding carboxylic acids is 2. The summed E-state index contributed by atoms with van der Waals surface area (Å²) < 4.78 is 0. The first kappa shape index (κ1) is 38.5. The number of rotatable bonds is 3. The number of nitrogens with zero attached hydrogens (tertiary/aromatic N) is 1. The van der Waals surface area contributed by atoms with Crippen LogP contribution >= 0.6 is 0 Å². The van der Waals surface area contributed by atoms with Crippen LogP contribution in [0.5, 0.6) is 0 Å². The number of unbranched alkanes of at least 4 members (excludes halogenated alkanes) is 1. The lowest BCUT2D eigenvalue weighted by Gasteiger charge is -2.03. The zero-order chi connectivity index (χ0) is 19.7. The second kappa shape index (κ2) is 43.1. The second-order valence-electron chi connectivity index (χ2n) is 3.70. The van der Waals surface area contributed by atoms with Gasteiger partial charge in [0.2, 0.25) is 11.8 Å². The van der Waals surface area contributed by atoms with Crippen molar-refractivity contribution in [1.82, 2.24) is 10.2 Å². The molecule has 0 aliphatic carbocycles. The van der Waals surface area contributed by atoms with E-state index in [1.165, 1.54) is 7.05 Å². The fourth-order valence-electron chi connectivity index (χ4n) is 1.25. The van der Waals surface area contributed by atoms with Crippen molar-refractivity contribution >= 4 is 11.8 Å². The van der Waals surface area contributed by atoms with Crippen molar-refractivity contribution in [2.75, 3.05) is 27.7 Å². The van der Waals surface area contributed by atoms with E-state index in [1.807, 2.05) is 48.6 Å². The third kappa shape index (κ3) is 37.3. The first-order valence-corrected chi connectivity index (χ1v) is 9.14. The lowest BCUT2D eigenvalue weighted by atomic mass is 10.2. The first-order valence-electron chi connectivity index (χ1n) is 9.14. The van der Waals surface area contributed by atoms with E-state index in [0.717, 1.165) is 32.2 Å². The number of likely N-dealkylation sites (tertiary alicyclic amines) is 1. The summed E-state index contributed by atoms with van der Waals surface area (Å²) in [7, 11) is 5.01. The van der Waals surface area contributed by atoms with Gasteiger partial charge in [0.25, 0.3) is 0 Å². The minimum absolute atomic E-state index is 0. The van der Waals surface area contributed by atoms with E-state index in [0.29, 0.717) is 12.3 Å². The van der Waals surface area contributed by atoms with Crippen LogP contribution in [0.4, 0.5) is 0 Å². The zero-order valence-corrected chi connectivity index (χ0v) is 17.6. The Labute approximate surface area is 153 Å². The molecule has 1 aliphatic heterocycles. The zero-order valence-electron chi connectivity index (χ0n) is 17.6. The van der Waals surface area contributed by atoms with Gasteiger partial charge in [-0.2, -0.15) is 0 Å². The molecule has 0 saturated carbocycles. The van der Waals surface area contributed by atoms with E-state index >= 15 is 0 Å². The molecule has 152 valence electrons. The molecule has 0 aromatic carbocycles. The predicted octanol–water partition coefficient (Wildman–Crippen LogP) is 4.45. The highest BCUT2D eigenvalue weighted by Gasteiger charge is 2.14. The van der Waals surface area contributed by atoms with Crippen molar-refractivity contribution < 1.29 is 9.59 Å². The van der Waals surface area contributed by atoms with Crippen molar-refractivity contribution in [2.24, 2.45) is 5.73 Å². The van der Waals surface area contributed by atoms with Crippen molar-refractivity contribution in [1.29, 1.82) is 0 Å². The Morgan fingerprint density at radius 1 is 1.12 bits per heavy atom. The van der Waals surface area contributed by atoms with Crippen LogP contribution in [0.15, 0.2) is 0 Å². The summed E-state index contributed by atoms with van der Waals surface area (Å²) in [5.74, 6) is 0.437. The second-order valence-corrected chi connectivity index (χ2v) is 3.70. The molecule has 3 N–H and O–H groups in total. The summed E-state index contributed by atoms with van der Waals surface area (Å²) >= 11 is 0. The van der Waals surface area contributed by atoms with Gasteiger partial charge in [0.1, 0.15) is 0 Å². The van der Waals surface area contributed by atoms with E-state index in [2.05, 4.69) is 18.0 Å². The van der Waals surface area contributed by atoms with E-state index in [9.17, 15) is 9.59 Å². The Kier molecular flexibility index (Phi) is 69.0. The number of nitrogens with two attached hydrogens (primary N) is 1. The maximum Gasteiger partial charge on any atom is 0.222 e. The monoisotopic (exact) mass is 351 g/mol. The molecule has 0 atom stereocenters. The molecule has 5 nitrogen and oxygen atoms in total. The molecule has 0 bridgehead atoms. The summed E-state index contributed by atoms with van der Waals surface area (Å²) in [6.07, 6.45) is 4.58. The van der Waals surface area contributed by atoms with Gasteiger partial charge in [0, 0.05) is 33.5 Å². The van der Waals surface area contributed by atoms with E-state index in [1.54, 1.807) is 11.9 Å². The van der Waals surface area contributed by atoms with Crippen LogP contribution in [-0.4, -0.2) is 44.4 Å². The van der Waals surface area contributed by atoms with Gasteiger partial charge < -0.3 is 16.0 Å². The van der Waals surface area contributed by atoms with Gasteiger partial charge in [-0.25, -0.2) is 0 Å². The Morgan fingerprint density at radius 3 is 1.71 bits per heavy atom. The van der Waals surface area contributed by atoms with Gasteiger partial charge in [-0.3, -0.25) is 9.59 Å². The van der Waals surface area contributed by atoms with Gasteiger partial charge in [-0.15, -0.1) is 0 Å². The van der Waals surface area contributed by atoms with Gasteiger partial charge in [-0.05, 0) is 19.9 Å². The minimum Gasteiger partial charge on any atom is -0.359 e. The van der Waals surface area contributed by atoms with Gasteiger partial charge in [0.05, 0.1) is 0 Å². The molecule has 0 aromatic rings. The van der Waals surface area contributed by atoms with Crippen molar-refractivity contribution in [3.8, 4) is 0 Å². The fraction of sp³-hybridized carbons (Fsp3) is 0.895. The largest absolute Gasteiger partial charge is 0.359 e. The number of amides is 2. The van der Waals surface area contributed by atoms with Gasteiger partial charge in [-0.1, -0.05) is 62.3 Å². The van der Waals surface area contributed by atoms with Crippen molar-refractivity contribution in [3.05, 3.63) is 0 Å². The summed E-state index contributed by atoms with van der Waals surface area (Å²) in [5.41, 5.74) is 4.50. The molecule has 24 heavy (non-hydrogen) atoms. The number of carbonyl (C=O) groups is 2. The van der Waals surface area contributed by atoms with E-state index in [-0.39, 0.29) is 13.3 Å². The normalized spacial score (nSPS) is 10.1. The molecule has 1 rings (SSSR count). The molecule has 0 spiro atoms. The van der Waals surface area contributed by atoms with Crippen LogP contribution in [-0.2, 0) is 9.59 Å². The number of nitrogens with one attached hydrogen (secondary N) is 1. The smallest absolute Gasteiger partial charge is 0.222 e. The highest BCUT2D eigenvalue weighted by molar-refractivity contribution is 5.77. The molecule has 0 radical (unpaired) electrons. The molecule has 1 heterocycles. The summed E-state index contributed by atoms with van der Waals surface area (Å²) in [6.45, 7) is 15.0. The Hall–Kier alpha value is -1.10. The molecule has 0 unspecified atom stereocenters. The molecule has 1 saturated heterocycles. The lowest BCUT2D eigenvalue weighted by molar-refractivity contribution is -0.126. The third-order valence-electron chi connectivity index (χ3n) is 2.35. The van der Waals surface area contributed by atoms with E-state index in [4.69, 9.17) is 0 Å². The average Bonchev–Trinajstić information content (AvgIpc) is 3.03. The van der Waals surface area contributed by atoms with Crippen LogP contribution < -0.4 is 11.1 Å². The molecular formula is C19H49N3O2. The average molecular weight is 352 g/mol. The number of hydrogen-bond acceptors (Lipinski definition) is 3. The molecular weight excluding hydrogens is 302 g/mol. The lowest BCUT2D eigenvalue weighted by Crippen LogP contribution is -2.17. The fourth-order valence-corrected chi connectivity index (χ4v) is 1.25. The molecule has 5 heteroatoms. The van der Waals surface area contributed by atoms with Crippen LogP contribution in [0, 0.1) is 0 Å². The summed E-state index contributed by atoms with van der Waals surface area (Å²) in [6, 6.07) is 0. The summed E-state index contributed by atoms with van der Waals surface area (Å²) in [4.78, 5) is 22.7. The molecule has 1 aliphatic rings. The highest BCUT2D eigenvalue weighted by atomic mass is 16.2. The minimum atomic E-state index is 0. The van der Waals surface area contributed by atoms with Crippen LogP contribution in [0.1, 0.15) is 88.0 Å². The maximum atomic E-state index is 10.5. The highest BCUT2D eigenvalue weighted by Crippen LogP contribution is 2.04.